The molecule has 0 radical (unpaired) electrons. The smallest absolute Gasteiger partial charge is 0.407 e. The highest BCUT2D eigenvalue weighted by molar-refractivity contribution is 5.85. The number of likely N-dealkylation sites (N-methyl/N-ethyl adjacent to an activating group) is 1. The summed E-state index contributed by atoms with van der Waals surface area (Å²) in [5.74, 6) is -0.406. The van der Waals surface area contributed by atoms with Crippen LogP contribution in [0.1, 0.15) is 23.5 Å². The number of carbonyl (C=O) groups is 2. The quantitative estimate of drug-likeness (QED) is 0.741. The van der Waals surface area contributed by atoms with Crippen LogP contribution in [0.2, 0.25) is 0 Å². The molecule has 3 rings (SSSR count). The molecule has 1 atom stereocenters. The summed E-state index contributed by atoms with van der Waals surface area (Å²) in [5.41, 5.74) is 4.56. The van der Waals surface area contributed by atoms with Gasteiger partial charge < -0.3 is 20.5 Å². The van der Waals surface area contributed by atoms with E-state index in [1.807, 2.05) is 36.4 Å². The van der Waals surface area contributed by atoms with Crippen molar-refractivity contribution in [3.8, 4) is 11.1 Å². The average Bonchev–Trinajstić information content (AvgIpc) is 2.99. The summed E-state index contributed by atoms with van der Waals surface area (Å²) in [5, 5.41) is 14.0. The summed E-state index contributed by atoms with van der Waals surface area (Å²) in [7, 11) is 1.48. The van der Waals surface area contributed by atoms with E-state index in [2.05, 4.69) is 22.8 Å². The molecule has 0 saturated heterocycles. The Kier molecular flexibility index (Phi) is 5.53. The van der Waals surface area contributed by atoms with Crippen LogP contribution >= 0.6 is 0 Å². The highest BCUT2D eigenvalue weighted by atomic mass is 16.5. The second kappa shape index (κ2) is 8.01. The third kappa shape index (κ3) is 3.55. The number of fused-ring (bicyclic) bond motifs is 3. The molecule has 1 aliphatic rings. The predicted octanol–water partition coefficient (Wildman–Crippen LogP) is 2.02. The van der Waals surface area contributed by atoms with Gasteiger partial charge in [0.2, 0.25) is 5.91 Å². The molecule has 0 aromatic heterocycles. The standard InChI is InChI=1S/C20H22N2O4/c1-21-19(24)18(10-11-23)22-20(25)26-12-17-15-8-4-2-6-13(15)14-7-3-5-9-16(14)17/h2-9,17-18,23H,10-12H2,1H3,(H,21,24)(H,22,25). The molecule has 136 valence electrons. The van der Waals surface area contributed by atoms with Gasteiger partial charge in [0.15, 0.2) is 0 Å². The lowest BCUT2D eigenvalue weighted by molar-refractivity contribution is -0.122. The van der Waals surface area contributed by atoms with Gasteiger partial charge in [0.1, 0.15) is 12.6 Å². The number of aliphatic hydroxyl groups excluding tert-OH is 1. The zero-order valence-electron chi connectivity index (χ0n) is 14.6. The van der Waals surface area contributed by atoms with Crippen molar-refractivity contribution in [2.24, 2.45) is 0 Å². The number of nitrogens with one attached hydrogen (secondary N) is 2. The highest BCUT2D eigenvalue weighted by Crippen LogP contribution is 2.44. The van der Waals surface area contributed by atoms with Gasteiger partial charge >= 0.3 is 6.09 Å². The van der Waals surface area contributed by atoms with Crippen LogP contribution in [0.15, 0.2) is 48.5 Å². The molecule has 0 spiro atoms. The first kappa shape index (κ1) is 17.9. The minimum Gasteiger partial charge on any atom is -0.449 e. The summed E-state index contributed by atoms with van der Waals surface area (Å²) in [4.78, 5) is 23.9. The maximum absolute atomic E-state index is 12.1. The number of aliphatic hydroxyl groups is 1. The van der Waals surface area contributed by atoms with E-state index in [1.54, 1.807) is 0 Å². The van der Waals surface area contributed by atoms with Gasteiger partial charge in [-0.05, 0) is 28.7 Å². The second-order valence-corrected chi connectivity index (χ2v) is 6.15. The highest BCUT2D eigenvalue weighted by Gasteiger charge is 2.29. The molecule has 0 heterocycles. The van der Waals surface area contributed by atoms with Crippen molar-refractivity contribution in [1.82, 2.24) is 10.6 Å². The Morgan fingerprint density at radius 3 is 2.19 bits per heavy atom. The zero-order valence-corrected chi connectivity index (χ0v) is 14.6. The summed E-state index contributed by atoms with van der Waals surface area (Å²) in [6.45, 7) is -0.0266. The molecular formula is C20H22N2O4. The molecule has 26 heavy (non-hydrogen) atoms. The van der Waals surface area contributed by atoms with Gasteiger partial charge in [-0.3, -0.25) is 4.79 Å². The number of rotatable bonds is 6. The molecule has 6 nitrogen and oxygen atoms in total. The largest absolute Gasteiger partial charge is 0.449 e. The Balaban J connectivity index is 1.70. The van der Waals surface area contributed by atoms with Crippen LogP contribution in [0.3, 0.4) is 0 Å². The normalized spacial score (nSPS) is 13.5. The fourth-order valence-electron chi connectivity index (χ4n) is 3.35. The number of benzene rings is 2. The van der Waals surface area contributed by atoms with Crippen molar-refractivity contribution in [3.05, 3.63) is 59.7 Å². The van der Waals surface area contributed by atoms with Crippen molar-refractivity contribution >= 4 is 12.0 Å². The molecule has 0 bridgehead atoms. The van der Waals surface area contributed by atoms with E-state index in [4.69, 9.17) is 9.84 Å². The van der Waals surface area contributed by atoms with Crippen molar-refractivity contribution in [2.75, 3.05) is 20.3 Å². The molecule has 1 aliphatic carbocycles. The molecule has 6 heteroatoms. The maximum atomic E-state index is 12.1. The van der Waals surface area contributed by atoms with E-state index in [1.165, 1.54) is 7.05 Å². The van der Waals surface area contributed by atoms with Crippen LogP contribution in [0.4, 0.5) is 4.79 Å². The van der Waals surface area contributed by atoms with Crippen molar-refractivity contribution in [2.45, 2.75) is 18.4 Å². The van der Waals surface area contributed by atoms with Gasteiger partial charge in [0, 0.05) is 19.6 Å². The van der Waals surface area contributed by atoms with Gasteiger partial charge in [-0.1, -0.05) is 48.5 Å². The van der Waals surface area contributed by atoms with E-state index < -0.39 is 12.1 Å². The SMILES string of the molecule is CNC(=O)C(CCO)NC(=O)OCC1c2ccccc2-c2ccccc21. The van der Waals surface area contributed by atoms with E-state index in [0.717, 1.165) is 22.3 Å². The summed E-state index contributed by atoms with van der Waals surface area (Å²) < 4.78 is 5.40. The minimum atomic E-state index is -0.819. The van der Waals surface area contributed by atoms with Crippen LogP contribution < -0.4 is 10.6 Å². The molecule has 2 aromatic carbocycles. The van der Waals surface area contributed by atoms with Gasteiger partial charge in [-0.15, -0.1) is 0 Å². The van der Waals surface area contributed by atoms with E-state index >= 15 is 0 Å². The number of amides is 2. The second-order valence-electron chi connectivity index (χ2n) is 6.15. The van der Waals surface area contributed by atoms with Crippen LogP contribution in [0, 0.1) is 0 Å². The third-order valence-corrected chi connectivity index (χ3v) is 4.62. The van der Waals surface area contributed by atoms with Crippen molar-refractivity contribution < 1.29 is 19.4 Å². The Bertz CT molecular complexity index is 760. The predicted molar refractivity (Wildman–Crippen MR) is 97.8 cm³/mol. The first-order chi connectivity index (χ1) is 12.7. The molecule has 0 fully saturated rings. The number of ether oxygens (including phenoxy) is 1. The molecule has 2 amide bonds. The first-order valence-electron chi connectivity index (χ1n) is 8.59. The maximum Gasteiger partial charge on any atom is 0.407 e. The van der Waals surface area contributed by atoms with E-state index in [0.29, 0.717) is 0 Å². The van der Waals surface area contributed by atoms with Crippen LogP contribution in [0.25, 0.3) is 11.1 Å². The average molecular weight is 354 g/mol. The van der Waals surface area contributed by atoms with E-state index in [-0.39, 0.29) is 31.5 Å². The topological polar surface area (TPSA) is 87.7 Å². The number of alkyl carbamates (subject to hydrolysis) is 1. The lowest BCUT2D eigenvalue weighted by atomic mass is 9.98. The zero-order chi connectivity index (χ0) is 18.5. The Labute approximate surface area is 152 Å². The summed E-state index contributed by atoms with van der Waals surface area (Å²) in [6, 6.07) is 15.3. The number of hydrogen-bond acceptors (Lipinski definition) is 4. The Hall–Kier alpha value is -2.86. The van der Waals surface area contributed by atoms with Crippen molar-refractivity contribution in [3.63, 3.8) is 0 Å². The van der Waals surface area contributed by atoms with Crippen LogP contribution in [-0.2, 0) is 9.53 Å². The minimum absolute atomic E-state index is 0.0376. The van der Waals surface area contributed by atoms with Gasteiger partial charge in [0.25, 0.3) is 0 Å². The molecule has 0 aliphatic heterocycles. The summed E-state index contributed by atoms with van der Waals surface area (Å²) >= 11 is 0. The summed E-state index contributed by atoms with van der Waals surface area (Å²) in [6.07, 6.45) is -0.543. The fourth-order valence-corrected chi connectivity index (χ4v) is 3.35. The monoisotopic (exact) mass is 354 g/mol. The Morgan fingerprint density at radius 2 is 1.65 bits per heavy atom. The van der Waals surface area contributed by atoms with Crippen LogP contribution in [0.5, 0.6) is 0 Å². The van der Waals surface area contributed by atoms with Gasteiger partial charge in [0.05, 0.1) is 0 Å². The lowest BCUT2D eigenvalue weighted by Crippen LogP contribution is -2.46. The van der Waals surface area contributed by atoms with Crippen LogP contribution in [-0.4, -0.2) is 43.4 Å². The first-order valence-corrected chi connectivity index (χ1v) is 8.59. The number of hydrogen-bond donors (Lipinski definition) is 3. The van der Waals surface area contributed by atoms with Crippen molar-refractivity contribution in [1.29, 1.82) is 0 Å². The molecule has 0 saturated carbocycles. The van der Waals surface area contributed by atoms with Gasteiger partial charge in [-0.25, -0.2) is 4.79 Å². The van der Waals surface area contributed by atoms with E-state index in [9.17, 15) is 9.59 Å². The van der Waals surface area contributed by atoms with Gasteiger partial charge in [-0.2, -0.15) is 0 Å². The molecule has 3 N–H and O–H groups in total. The fraction of sp³-hybridized carbons (Fsp3) is 0.300. The molecule has 1 unspecified atom stereocenters. The third-order valence-electron chi connectivity index (χ3n) is 4.62. The molecular weight excluding hydrogens is 332 g/mol. The molecule has 2 aromatic rings. The lowest BCUT2D eigenvalue weighted by Gasteiger charge is -2.18. The Morgan fingerprint density at radius 1 is 1.08 bits per heavy atom. The number of carbonyl (C=O) groups excluding carboxylic acids is 2.